The van der Waals surface area contributed by atoms with Crippen molar-refractivity contribution in [1.82, 2.24) is 19.7 Å². The fraction of sp³-hybridized carbons (Fsp3) is 0.577. The van der Waals surface area contributed by atoms with Gasteiger partial charge in [-0.1, -0.05) is 12.1 Å². The van der Waals surface area contributed by atoms with Crippen LogP contribution in [0.25, 0.3) is 0 Å². The number of anilines is 2. The molecule has 0 aliphatic carbocycles. The highest BCUT2D eigenvalue weighted by Crippen LogP contribution is 2.40. The number of aryl methyl sites for hydroxylation is 1. The zero-order valence-electron chi connectivity index (χ0n) is 20.2. The summed E-state index contributed by atoms with van der Waals surface area (Å²) in [6.07, 6.45) is 8.35. The van der Waals surface area contributed by atoms with Crippen LogP contribution in [0.4, 0.5) is 11.5 Å². The van der Waals surface area contributed by atoms with Crippen molar-refractivity contribution in [3.05, 3.63) is 40.6 Å². The van der Waals surface area contributed by atoms with Gasteiger partial charge >= 0.3 is 0 Å². The summed E-state index contributed by atoms with van der Waals surface area (Å²) < 4.78 is 8.29. The molecule has 4 aliphatic rings. The fourth-order valence-corrected chi connectivity index (χ4v) is 5.90. The number of hydrogen-bond donors (Lipinski definition) is 0. The summed E-state index contributed by atoms with van der Waals surface area (Å²) in [5.74, 6) is 1.49. The summed E-state index contributed by atoms with van der Waals surface area (Å²) in [4.78, 5) is 16.6. The summed E-state index contributed by atoms with van der Waals surface area (Å²) >= 11 is 0. The van der Waals surface area contributed by atoms with E-state index < -0.39 is 0 Å². The molecule has 2 aromatic rings. The smallest absolute Gasteiger partial charge is 0.219 e. The number of ether oxygens (including phenoxy) is 1. The van der Waals surface area contributed by atoms with E-state index in [1.54, 1.807) is 6.92 Å². The average molecular weight is 463 g/mol. The van der Waals surface area contributed by atoms with Gasteiger partial charge in [-0.15, -0.1) is 0 Å². The molecule has 180 valence electrons. The Morgan fingerprint density at radius 2 is 2.06 bits per heavy atom. The summed E-state index contributed by atoms with van der Waals surface area (Å²) in [6, 6.07) is 6.89. The molecule has 1 aromatic carbocycles. The van der Waals surface area contributed by atoms with E-state index >= 15 is 0 Å². The van der Waals surface area contributed by atoms with E-state index in [1.807, 2.05) is 17.0 Å². The van der Waals surface area contributed by atoms with Gasteiger partial charge in [-0.25, -0.2) is 4.68 Å². The molecule has 6 rings (SSSR count). The molecular formula is C26H34N6O2. The third-order valence-corrected chi connectivity index (χ3v) is 7.75. The second kappa shape index (κ2) is 8.73. The predicted molar refractivity (Wildman–Crippen MR) is 131 cm³/mol. The molecule has 0 N–H and O–H groups in total. The first-order valence-electron chi connectivity index (χ1n) is 12.7. The molecule has 4 aliphatic heterocycles. The SMILES string of the molecule is CC(=O)N1CCc2c(c(N3CCCc4cc(C5C=NN(C)C5)ccc43)nn2C2CCCCO2)C1. The van der Waals surface area contributed by atoms with Crippen molar-refractivity contribution in [2.24, 2.45) is 5.10 Å². The number of amides is 1. The van der Waals surface area contributed by atoms with E-state index in [4.69, 9.17) is 9.84 Å². The Labute approximate surface area is 201 Å². The van der Waals surface area contributed by atoms with Crippen molar-refractivity contribution in [3.63, 3.8) is 0 Å². The largest absolute Gasteiger partial charge is 0.357 e. The number of rotatable bonds is 3. The van der Waals surface area contributed by atoms with Gasteiger partial charge in [-0.05, 0) is 49.3 Å². The van der Waals surface area contributed by atoms with Gasteiger partial charge in [0.05, 0.1) is 12.2 Å². The second-order valence-corrected chi connectivity index (χ2v) is 10.1. The molecule has 8 heteroatoms. The van der Waals surface area contributed by atoms with E-state index in [0.29, 0.717) is 12.5 Å². The molecule has 0 radical (unpaired) electrons. The van der Waals surface area contributed by atoms with Crippen LogP contribution < -0.4 is 4.90 Å². The first kappa shape index (κ1) is 21.6. The van der Waals surface area contributed by atoms with Crippen LogP contribution in [0.3, 0.4) is 0 Å². The quantitative estimate of drug-likeness (QED) is 0.698. The number of fused-ring (bicyclic) bond motifs is 2. The Kier molecular flexibility index (Phi) is 5.56. The average Bonchev–Trinajstić information content (AvgIpc) is 3.47. The van der Waals surface area contributed by atoms with Crippen LogP contribution in [-0.4, -0.2) is 65.1 Å². The van der Waals surface area contributed by atoms with Gasteiger partial charge < -0.3 is 14.5 Å². The van der Waals surface area contributed by atoms with E-state index in [2.05, 4.69) is 39.1 Å². The van der Waals surface area contributed by atoms with E-state index in [-0.39, 0.29) is 12.1 Å². The molecule has 0 spiro atoms. The first-order valence-corrected chi connectivity index (χ1v) is 12.7. The fourth-order valence-electron chi connectivity index (χ4n) is 5.90. The lowest BCUT2D eigenvalue weighted by atomic mass is 9.93. The van der Waals surface area contributed by atoms with Crippen LogP contribution >= 0.6 is 0 Å². The Morgan fingerprint density at radius 1 is 1.15 bits per heavy atom. The molecule has 2 unspecified atom stereocenters. The molecule has 1 aromatic heterocycles. The van der Waals surface area contributed by atoms with Crippen LogP contribution in [0, 0.1) is 0 Å². The Balaban J connectivity index is 1.38. The minimum Gasteiger partial charge on any atom is -0.357 e. The molecule has 0 saturated carbocycles. The zero-order chi connectivity index (χ0) is 23.2. The maximum absolute atomic E-state index is 12.2. The van der Waals surface area contributed by atoms with Crippen LogP contribution in [0.2, 0.25) is 0 Å². The van der Waals surface area contributed by atoms with E-state index in [1.165, 1.54) is 34.5 Å². The number of nitrogens with zero attached hydrogens (tertiary/aromatic N) is 6. The molecule has 5 heterocycles. The highest BCUT2D eigenvalue weighted by molar-refractivity contribution is 5.76. The van der Waals surface area contributed by atoms with Crippen molar-refractivity contribution in [2.45, 2.75) is 64.1 Å². The monoisotopic (exact) mass is 462 g/mol. The van der Waals surface area contributed by atoms with Gasteiger partial charge in [0.2, 0.25) is 5.91 Å². The van der Waals surface area contributed by atoms with Crippen molar-refractivity contribution < 1.29 is 9.53 Å². The Hall–Kier alpha value is -2.87. The lowest BCUT2D eigenvalue weighted by molar-refractivity contribution is -0.129. The summed E-state index contributed by atoms with van der Waals surface area (Å²) in [5, 5.41) is 11.6. The van der Waals surface area contributed by atoms with Crippen LogP contribution in [0.1, 0.15) is 67.1 Å². The van der Waals surface area contributed by atoms with Crippen molar-refractivity contribution >= 4 is 23.6 Å². The molecular weight excluding hydrogens is 428 g/mol. The Bertz CT molecular complexity index is 1120. The third kappa shape index (κ3) is 3.78. The minimum atomic E-state index is 0.00501. The first-order chi connectivity index (χ1) is 16.6. The van der Waals surface area contributed by atoms with Crippen molar-refractivity contribution in [3.8, 4) is 0 Å². The maximum atomic E-state index is 12.2. The molecule has 1 amide bonds. The number of hydrazone groups is 1. The van der Waals surface area contributed by atoms with E-state index in [9.17, 15) is 4.79 Å². The molecule has 0 bridgehead atoms. The van der Waals surface area contributed by atoms with Gasteiger partial charge in [-0.3, -0.25) is 9.80 Å². The summed E-state index contributed by atoms with van der Waals surface area (Å²) in [5.41, 5.74) is 6.39. The highest BCUT2D eigenvalue weighted by Gasteiger charge is 2.33. The van der Waals surface area contributed by atoms with Gasteiger partial charge in [0, 0.05) is 70.0 Å². The predicted octanol–water partition coefficient (Wildman–Crippen LogP) is 3.59. The van der Waals surface area contributed by atoms with E-state index in [0.717, 1.165) is 64.2 Å². The Morgan fingerprint density at radius 3 is 2.82 bits per heavy atom. The van der Waals surface area contributed by atoms with Crippen LogP contribution in [-0.2, 0) is 28.9 Å². The number of benzene rings is 1. The molecule has 34 heavy (non-hydrogen) atoms. The topological polar surface area (TPSA) is 66.2 Å². The summed E-state index contributed by atoms with van der Waals surface area (Å²) in [6.45, 7) is 5.71. The molecule has 1 saturated heterocycles. The van der Waals surface area contributed by atoms with Crippen molar-refractivity contribution in [2.75, 3.05) is 38.2 Å². The maximum Gasteiger partial charge on any atom is 0.219 e. The minimum absolute atomic E-state index is 0.00501. The lowest BCUT2D eigenvalue weighted by Gasteiger charge is -2.33. The van der Waals surface area contributed by atoms with Gasteiger partial charge in [0.25, 0.3) is 0 Å². The van der Waals surface area contributed by atoms with Crippen LogP contribution in [0.5, 0.6) is 0 Å². The van der Waals surface area contributed by atoms with Gasteiger partial charge in [0.15, 0.2) is 12.0 Å². The lowest BCUT2D eigenvalue weighted by Crippen LogP contribution is -2.36. The van der Waals surface area contributed by atoms with Gasteiger partial charge in [0.1, 0.15) is 0 Å². The number of carbonyl (C=O) groups is 1. The standard InChI is InChI=1S/C26H34N6O2/c1-18(33)30-12-10-24-22(17-30)26(28-32(24)25-7-3-4-13-34-25)31-11-5-6-20-14-19(8-9-23(20)31)21-15-27-29(2)16-21/h8-9,14-15,21,25H,3-7,10-13,16-17H2,1-2H3. The number of aromatic nitrogens is 2. The summed E-state index contributed by atoms with van der Waals surface area (Å²) in [7, 11) is 2.02. The van der Waals surface area contributed by atoms with Crippen molar-refractivity contribution in [1.29, 1.82) is 0 Å². The third-order valence-electron chi connectivity index (χ3n) is 7.75. The molecule has 8 nitrogen and oxygen atoms in total. The highest BCUT2D eigenvalue weighted by atomic mass is 16.5. The number of hydrogen-bond acceptors (Lipinski definition) is 6. The number of carbonyl (C=O) groups excluding carboxylic acids is 1. The normalized spacial score (nSPS) is 24.4. The van der Waals surface area contributed by atoms with Crippen LogP contribution in [0.15, 0.2) is 23.3 Å². The second-order valence-electron chi connectivity index (χ2n) is 10.1. The zero-order valence-corrected chi connectivity index (χ0v) is 20.2. The van der Waals surface area contributed by atoms with Gasteiger partial charge in [-0.2, -0.15) is 10.2 Å². The number of likely N-dealkylation sites (N-methyl/N-ethyl adjacent to an activating group) is 1. The molecule has 2 atom stereocenters. The molecule has 1 fully saturated rings.